The van der Waals surface area contributed by atoms with Gasteiger partial charge in [0.25, 0.3) is 0 Å². The summed E-state index contributed by atoms with van der Waals surface area (Å²) in [4.78, 5) is 53.2. The van der Waals surface area contributed by atoms with Crippen molar-refractivity contribution in [3.8, 4) is 0 Å². The smallest absolute Gasteiger partial charge is 0.332 e. The molecule has 19 nitrogen and oxygen atoms in total. The van der Waals surface area contributed by atoms with E-state index in [1.54, 1.807) is 41.5 Å². The van der Waals surface area contributed by atoms with Crippen LogP contribution >= 0.6 is 0 Å². The fourth-order valence-corrected chi connectivity index (χ4v) is 8.09. The Kier molecular flexibility index (Phi) is 16.9. The van der Waals surface area contributed by atoms with Crippen molar-refractivity contribution in [1.82, 2.24) is 5.32 Å². The van der Waals surface area contributed by atoms with E-state index in [0.29, 0.717) is 0 Å². The van der Waals surface area contributed by atoms with Crippen LogP contribution < -0.4 is 5.32 Å². The average molecular weight is 836 g/mol. The molecule has 8 N–H and O–H groups in total. The number of esters is 2. The number of aliphatic hydroxyl groups excluding tert-OH is 6. The molecule has 2 saturated heterocycles. The average Bonchev–Trinajstić information content (AvgIpc) is 3.12. The number of rotatable bonds is 14. The molecule has 0 aromatic carbocycles. The van der Waals surface area contributed by atoms with Gasteiger partial charge in [0.1, 0.15) is 60.0 Å². The second-order valence-electron chi connectivity index (χ2n) is 17.9. The van der Waals surface area contributed by atoms with Crippen LogP contribution in [0.1, 0.15) is 99.8 Å². The zero-order valence-corrected chi connectivity index (χ0v) is 34.4. The fourth-order valence-electron chi connectivity index (χ4n) is 8.09. The lowest BCUT2D eigenvalue weighted by Crippen LogP contribution is -2.68. The predicted molar refractivity (Wildman–Crippen MR) is 198 cm³/mol. The van der Waals surface area contributed by atoms with Gasteiger partial charge in [0.2, 0.25) is 5.91 Å². The van der Waals surface area contributed by atoms with Gasteiger partial charge in [-0.1, -0.05) is 32.1 Å². The lowest BCUT2D eigenvalue weighted by Gasteiger charge is -2.49. The Morgan fingerprint density at radius 2 is 1.22 bits per heavy atom. The topological polar surface area (TPSA) is 287 Å². The van der Waals surface area contributed by atoms with E-state index in [1.165, 1.54) is 0 Å². The van der Waals surface area contributed by atoms with Gasteiger partial charge in [0.15, 0.2) is 18.7 Å². The summed E-state index contributed by atoms with van der Waals surface area (Å²) in [5.74, 6) is -5.73. The van der Waals surface area contributed by atoms with Gasteiger partial charge in [0, 0.05) is 6.92 Å². The van der Waals surface area contributed by atoms with Gasteiger partial charge in [-0.05, 0) is 66.7 Å². The normalized spacial score (nSPS) is 37.1. The molecule has 334 valence electrons. The molecule has 2 aliphatic carbocycles. The van der Waals surface area contributed by atoms with Gasteiger partial charge in [-0.25, -0.2) is 4.79 Å². The van der Waals surface area contributed by atoms with E-state index >= 15 is 0 Å². The largest absolute Gasteiger partial charge is 0.479 e. The number of carbonyl (C=O) groups is 4. The van der Waals surface area contributed by atoms with Crippen LogP contribution in [0.3, 0.4) is 0 Å². The number of carboxylic acids is 1. The van der Waals surface area contributed by atoms with Crippen LogP contribution in [0.4, 0.5) is 0 Å². The molecule has 1 amide bonds. The number of nitrogens with one attached hydrogen (secondary N) is 1. The van der Waals surface area contributed by atoms with Crippen LogP contribution in [-0.2, 0) is 52.3 Å². The number of aliphatic carboxylic acids is 1. The Bertz CT molecular complexity index is 1380. The summed E-state index contributed by atoms with van der Waals surface area (Å²) >= 11 is 0. The first-order valence-corrected chi connectivity index (χ1v) is 20.2. The fraction of sp³-hybridized carbons (Fsp3) is 0.897. The zero-order chi connectivity index (χ0) is 43.3. The molecule has 0 radical (unpaired) electrons. The number of carbonyl (C=O) groups excluding carboxylic acids is 3. The standard InChI is InChI=1S/C39H65NO18/c1-18(43)40-27-32(56-37-31(47)30(46)28(44)25(16-41)55-37)29(45)26(17-42)54-36(27)53-23-15-21(35(51)58-39(5,6)7)20(34(50)57-38(2,3)4)14-22(23)52-24(33(48)49)13-19-11-9-8-10-12-19/h19-32,36-37,41-42,44-47H,8-17H2,1-7H3,(H,40,43)(H,48,49)/t20-,21-,22+,23-,24+,25+,26+,27+,28-,29-,30-,31+,32+,36-,37-/m0/s1. The number of ether oxygens (including phenoxy) is 7. The van der Waals surface area contributed by atoms with E-state index in [-0.39, 0.29) is 25.2 Å². The van der Waals surface area contributed by atoms with E-state index in [2.05, 4.69) is 5.32 Å². The predicted octanol–water partition coefficient (Wildman–Crippen LogP) is -0.342. The maximum Gasteiger partial charge on any atom is 0.332 e. The van der Waals surface area contributed by atoms with Crippen molar-refractivity contribution in [2.45, 2.75) is 191 Å². The molecule has 2 heterocycles. The molecule has 2 saturated carbocycles. The molecule has 4 aliphatic rings. The van der Waals surface area contributed by atoms with E-state index in [1.807, 2.05) is 0 Å². The Balaban J connectivity index is 1.75. The van der Waals surface area contributed by atoms with E-state index in [4.69, 9.17) is 33.2 Å². The van der Waals surface area contributed by atoms with Crippen molar-refractivity contribution >= 4 is 23.8 Å². The summed E-state index contributed by atoms with van der Waals surface area (Å²) in [6, 6.07) is -1.48. The number of hydrogen-bond donors (Lipinski definition) is 8. The maximum atomic E-state index is 13.9. The number of hydrogen-bond acceptors (Lipinski definition) is 17. The Hall–Kier alpha value is -2.56. The minimum absolute atomic E-state index is 0.0620. The molecule has 0 unspecified atom stereocenters. The number of amides is 1. The molecule has 0 spiro atoms. The molecule has 0 aromatic rings. The lowest BCUT2D eigenvalue weighted by molar-refractivity contribution is -0.350. The highest BCUT2D eigenvalue weighted by Gasteiger charge is 2.55. The van der Waals surface area contributed by atoms with Crippen molar-refractivity contribution in [3.05, 3.63) is 0 Å². The minimum Gasteiger partial charge on any atom is -0.479 e. The summed E-state index contributed by atoms with van der Waals surface area (Å²) < 4.78 is 41.8. The van der Waals surface area contributed by atoms with Crippen LogP contribution in [0.15, 0.2) is 0 Å². The SMILES string of the molecule is CC(=O)N[C@H]1[C@@H](O[C@H]2C[C@H](C(=O)OC(C)(C)C)[C@@H](C(=O)OC(C)(C)C)C[C@H]2O[C@H](CC2CCCCC2)C(=O)O)O[C@H](CO)[C@H](O)[C@@H]1O[C@@H]1O[C@H](CO)[C@H](O)[C@H](O)[C@H]1O. The molecular weight excluding hydrogens is 770 g/mol. The Labute approximate surface area is 338 Å². The molecule has 0 bridgehead atoms. The highest BCUT2D eigenvalue weighted by Crippen LogP contribution is 2.40. The molecule has 2 aliphatic heterocycles. The molecule has 58 heavy (non-hydrogen) atoms. The van der Waals surface area contributed by atoms with Gasteiger partial charge < -0.3 is 74.2 Å². The first kappa shape index (κ1) is 48.1. The first-order valence-electron chi connectivity index (χ1n) is 20.2. The van der Waals surface area contributed by atoms with Crippen molar-refractivity contribution in [1.29, 1.82) is 0 Å². The molecular formula is C39H65NO18. The molecule has 4 fully saturated rings. The van der Waals surface area contributed by atoms with Crippen LogP contribution in [-0.4, -0.2) is 164 Å². The van der Waals surface area contributed by atoms with Crippen molar-refractivity contribution in [2.75, 3.05) is 13.2 Å². The Morgan fingerprint density at radius 1 is 0.707 bits per heavy atom. The van der Waals surface area contributed by atoms with E-state index in [0.717, 1.165) is 39.0 Å². The van der Waals surface area contributed by atoms with Gasteiger partial charge >= 0.3 is 17.9 Å². The minimum atomic E-state index is -1.91. The zero-order valence-electron chi connectivity index (χ0n) is 34.4. The summed E-state index contributed by atoms with van der Waals surface area (Å²) in [5, 5.41) is 75.9. The molecule has 0 aromatic heterocycles. The number of aliphatic hydroxyl groups is 6. The third-order valence-corrected chi connectivity index (χ3v) is 10.9. The summed E-state index contributed by atoms with van der Waals surface area (Å²) in [7, 11) is 0. The molecule has 4 rings (SSSR count). The second-order valence-corrected chi connectivity index (χ2v) is 17.9. The first-order chi connectivity index (χ1) is 27.0. The monoisotopic (exact) mass is 835 g/mol. The quantitative estimate of drug-likeness (QED) is 0.104. The highest BCUT2D eigenvalue weighted by atomic mass is 16.7. The maximum absolute atomic E-state index is 13.9. The van der Waals surface area contributed by atoms with Gasteiger partial charge in [0.05, 0.1) is 37.3 Å². The van der Waals surface area contributed by atoms with Gasteiger partial charge in [-0.2, -0.15) is 0 Å². The van der Waals surface area contributed by atoms with Crippen LogP contribution in [0.2, 0.25) is 0 Å². The summed E-state index contributed by atoms with van der Waals surface area (Å²) in [6.45, 7) is 9.50. The second kappa shape index (κ2) is 20.3. The van der Waals surface area contributed by atoms with Crippen LogP contribution in [0, 0.1) is 17.8 Å². The van der Waals surface area contributed by atoms with Gasteiger partial charge in [-0.15, -0.1) is 0 Å². The van der Waals surface area contributed by atoms with E-state index < -0.39 is 140 Å². The van der Waals surface area contributed by atoms with E-state index in [9.17, 15) is 54.9 Å². The van der Waals surface area contributed by atoms with Crippen molar-refractivity contribution in [2.24, 2.45) is 17.8 Å². The van der Waals surface area contributed by atoms with Gasteiger partial charge in [-0.3, -0.25) is 14.4 Å². The van der Waals surface area contributed by atoms with Crippen LogP contribution in [0.5, 0.6) is 0 Å². The molecule has 15 atom stereocenters. The van der Waals surface area contributed by atoms with Crippen LogP contribution in [0.25, 0.3) is 0 Å². The molecule has 19 heteroatoms. The number of carboxylic acid groups (broad SMARTS) is 1. The third kappa shape index (κ3) is 12.7. The highest BCUT2D eigenvalue weighted by molar-refractivity contribution is 5.83. The summed E-state index contributed by atoms with van der Waals surface area (Å²) in [6.07, 6.45) is -14.8. The lowest BCUT2D eigenvalue weighted by atomic mass is 9.75. The van der Waals surface area contributed by atoms with Crippen molar-refractivity contribution < 1.29 is 88.1 Å². The van der Waals surface area contributed by atoms with Crippen molar-refractivity contribution in [3.63, 3.8) is 0 Å². The summed E-state index contributed by atoms with van der Waals surface area (Å²) in [5.41, 5.74) is -1.93. The third-order valence-electron chi connectivity index (χ3n) is 10.9. The Morgan fingerprint density at radius 3 is 1.72 bits per heavy atom.